The Labute approximate surface area is 232 Å². The molecule has 4 rings (SSSR count). The molecule has 0 radical (unpaired) electrons. The number of methoxy groups -OCH3 is 1. The molecule has 0 aliphatic heterocycles. The van der Waals surface area contributed by atoms with Crippen molar-refractivity contribution in [3.05, 3.63) is 98.5 Å². The third-order valence-corrected chi connectivity index (χ3v) is 6.51. The van der Waals surface area contributed by atoms with Gasteiger partial charge in [0.05, 0.1) is 24.8 Å². The van der Waals surface area contributed by atoms with Gasteiger partial charge in [-0.05, 0) is 35.9 Å². The van der Waals surface area contributed by atoms with Crippen LogP contribution in [-0.2, 0) is 17.8 Å². The van der Waals surface area contributed by atoms with Crippen LogP contribution < -0.4 is 20.2 Å². The molecule has 0 aliphatic rings. The van der Waals surface area contributed by atoms with Gasteiger partial charge in [-0.2, -0.15) is 5.10 Å². The molecule has 0 unspecified atom stereocenters. The van der Waals surface area contributed by atoms with E-state index in [4.69, 9.17) is 32.7 Å². The number of ether oxygens (including phenoxy) is 2. The van der Waals surface area contributed by atoms with Gasteiger partial charge in [0.2, 0.25) is 11.0 Å². The summed E-state index contributed by atoms with van der Waals surface area (Å²) in [5.74, 6) is 0.0470. The van der Waals surface area contributed by atoms with Gasteiger partial charge in [0.15, 0.2) is 11.5 Å². The van der Waals surface area contributed by atoms with Crippen molar-refractivity contribution in [3.8, 4) is 11.5 Å². The van der Waals surface area contributed by atoms with Crippen LogP contribution in [0.5, 0.6) is 11.5 Å². The Balaban J connectivity index is 1.32. The minimum atomic E-state index is -0.406. The second-order valence-electron chi connectivity index (χ2n) is 7.71. The average Bonchev–Trinajstić information content (AvgIpc) is 3.35. The van der Waals surface area contributed by atoms with Crippen molar-refractivity contribution in [3.63, 3.8) is 0 Å². The lowest BCUT2D eigenvalue weighted by Crippen LogP contribution is -2.19. The van der Waals surface area contributed by atoms with Gasteiger partial charge in [-0.25, -0.2) is 5.43 Å². The molecule has 1 aromatic heterocycles. The molecule has 0 fully saturated rings. The molecule has 3 aromatic carbocycles. The highest BCUT2D eigenvalue weighted by molar-refractivity contribution is 7.15. The van der Waals surface area contributed by atoms with Crippen LogP contribution in [0.15, 0.2) is 71.8 Å². The first-order chi connectivity index (χ1) is 18.4. The molecular weight excluding hydrogens is 549 g/mol. The molecule has 4 aromatic rings. The highest BCUT2D eigenvalue weighted by atomic mass is 35.5. The Hall–Kier alpha value is -3.99. The molecule has 9 nitrogen and oxygen atoms in total. The number of aromatic nitrogens is 2. The molecule has 2 amide bonds. The van der Waals surface area contributed by atoms with Gasteiger partial charge >= 0.3 is 0 Å². The molecule has 38 heavy (non-hydrogen) atoms. The summed E-state index contributed by atoms with van der Waals surface area (Å²) in [4.78, 5) is 24.5. The van der Waals surface area contributed by atoms with Crippen molar-refractivity contribution in [2.24, 2.45) is 5.10 Å². The van der Waals surface area contributed by atoms with Crippen LogP contribution in [0.25, 0.3) is 0 Å². The topological polar surface area (TPSA) is 115 Å². The van der Waals surface area contributed by atoms with Gasteiger partial charge < -0.3 is 9.47 Å². The maximum Gasteiger partial charge on any atom is 0.257 e. The van der Waals surface area contributed by atoms with Gasteiger partial charge in [0.1, 0.15) is 11.6 Å². The first-order valence-electron chi connectivity index (χ1n) is 11.2. The summed E-state index contributed by atoms with van der Waals surface area (Å²) in [6.45, 7) is 0.211. The van der Waals surface area contributed by atoms with E-state index in [1.165, 1.54) is 13.3 Å². The Morgan fingerprint density at radius 1 is 1.03 bits per heavy atom. The van der Waals surface area contributed by atoms with E-state index in [2.05, 4.69) is 26.0 Å². The van der Waals surface area contributed by atoms with Gasteiger partial charge in [0.25, 0.3) is 5.91 Å². The fourth-order valence-electron chi connectivity index (χ4n) is 3.21. The van der Waals surface area contributed by atoms with Gasteiger partial charge in [-0.15, -0.1) is 10.2 Å². The number of rotatable bonds is 10. The zero-order valence-electron chi connectivity index (χ0n) is 20.0. The van der Waals surface area contributed by atoms with Crippen molar-refractivity contribution in [1.29, 1.82) is 0 Å². The van der Waals surface area contributed by atoms with Gasteiger partial charge in [0, 0.05) is 16.1 Å². The standard InChI is InChI=1S/C26H21Cl2N5O4S/c1-36-21-12-16(11-20(28)24(21)37-15-18-9-5-6-10-19(18)27)14-29-31-22(34)13-23-32-33-26(38-23)30-25(35)17-7-3-2-4-8-17/h2-12,14H,13,15H2,1H3,(H,31,34)(H,30,33,35)/b29-14-. The van der Waals surface area contributed by atoms with E-state index in [9.17, 15) is 9.59 Å². The van der Waals surface area contributed by atoms with Crippen LogP contribution in [0.3, 0.4) is 0 Å². The number of nitrogens with zero attached hydrogens (tertiary/aromatic N) is 3. The fourth-order valence-corrected chi connectivity index (χ4v) is 4.41. The minimum Gasteiger partial charge on any atom is -0.493 e. The minimum absolute atomic E-state index is 0.0604. The SMILES string of the molecule is COc1cc(/C=N\NC(=O)Cc2nnc(NC(=O)c3ccccc3)s2)cc(Cl)c1OCc1ccccc1Cl. The normalized spacial score (nSPS) is 10.8. The van der Waals surface area contributed by atoms with Crippen LogP contribution >= 0.6 is 34.5 Å². The molecule has 12 heteroatoms. The predicted octanol–water partition coefficient (Wildman–Crippen LogP) is 5.38. The lowest BCUT2D eigenvalue weighted by atomic mass is 10.2. The highest BCUT2D eigenvalue weighted by Gasteiger charge is 2.14. The Bertz CT molecular complexity index is 1460. The second kappa shape index (κ2) is 13.0. The van der Waals surface area contributed by atoms with E-state index >= 15 is 0 Å². The van der Waals surface area contributed by atoms with E-state index in [0.717, 1.165) is 16.9 Å². The van der Waals surface area contributed by atoms with E-state index < -0.39 is 5.91 Å². The first-order valence-corrected chi connectivity index (χ1v) is 12.7. The smallest absolute Gasteiger partial charge is 0.257 e. The summed E-state index contributed by atoms with van der Waals surface area (Å²) >= 11 is 13.7. The number of nitrogens with one attached hydrogen (secondary N) is 2. The van der Waals surface area contributed by atoms with E-state index in [-0.39, 0.29) is 18.9 Å². The zero-order valence-corrected chi connectivity index (χ0v) is 22.3. The van der Waals surface area contributed by atoms with Gasteiger partial charge in [-0.3, -0.25) is 14.9 Å². The molecular formula is C26H21Cl2N5O4S. The molecule has 0 saturated carbocycles. The summed E-state index contributed by atoms with van der Waals surface area (Å²) in [5, 5.41) is 16.1. The predicted molar refractivity (Wildman–Crippen MR) is 148 cm³/mol. The Kier molecular flexibility index (Phi) is 9.26. The van der Waals surface area contributed by atoms with Crippen LogP contribution in [0.1, 0.15) is 26.5 Å². The zero-order chi connectivity index (χ0) is 26.9. The van der Waals surface area contributed by atoms with Crippen molar-refractivity contribution in [2.75, 3.05) is 12.4 Å². The largest absolute Gasteiger partial charge is 0.493 e. The van der Waals surface area contributed by atoms with Crippen LogP contribution in [-0.4, -0.2) is 35.3 Å². The molecule has 0 saturated heterocycles. The number of benzene rings is 3. The quantitative estimate of drug-likeness (QED) is 0.196. The molecule has 0 atom stereocenters. The Morgan fingerprint density at radius 3 is 2.55 bits per heavy atom. The van der Waals surface area contributed by atoms with E-state index in [1.807, 2.05) is 24.3 Å². The summed E-state index contributed by atoms with van der Waals surface area (Å²) < 4.78 is 11.3. The lowest BCUT2D eigenvalue weighted by molar-refractivity contribution is -0.120. The van der Waals surface area contributed by atoms with Gasteiger partial charge in [-0.1, -0.05) is 70.9 Å². The maximum atomic E-state index is 12.3. The number of carbonyl (C=O) groups is 2. The molecule has 0 spiro atoms. The average molecular weight is 570 g/mol. The van der Waals surface area contributed by atoms with Crippen molar-refractivity contribution in [1.82, 2.24) is 15.6 Å². The third-order valence-electron chi connectivity index (χ3n) is 5.02. The monoisotopic (exact) mass is 569 g/mol. The number of hydrazone groups is 1. The lowest BCUT2D eigenvalue weighted by Gasteiger charge is -2.14. The first kappa shape index (κ1) is 27.1. The van der Waals surface area contributed by atoms with Crippen molar-refractivity contribution >= 4 is 57.7 Å². The fraction of sp³-hybridized carbons (Fsp3) is 0.115. The number of halogens is 2. The van der Waals surface area contributed by atoms with Crippen molar-refractivity contribution in [2.45, 2.75) is 13.0 Å². The second-order valence-corrected chi connectivity index (χ2v) is 9.58. The molecule has 1 heterocycles. The van der Waals surface area contributed by atoms with Crippen LogP contribution in [0, 0.1) is 0 Å². The summed E-state index contributed by atoms with van der Waals surface area (Å²) in [5.41, 5.74) is 4.32. The number of amides is 2. The van der Waals surface area contributed by atoms with Crippen molar-refractivity contribution < 1.29 is 19.1 Å². The summed E-state index contributed by atoms with van der Waals surface area (Å²) in [7, 11) is 1.50. The molecule has 0 aliphatic carbocycles. The summed E-state index contributed by atoms with van der Waals surface area (Å²) in [6, 6.07) is 19.4. The molecule has 2 N–H and O–H groups in total. The van der Waals surface area contributed by atoms with Crippen LogP contribution in [0.2, 0.25) is 10.0 Å². The third kappa shape index (κ3) is 7.28. The molecule has 0 bridgehead atoms. The highest BCUT2D eigenvalue weighted by Crippen LogP contribution is 2.37. The van der Waals surface area contributed by atoms with E-state index in [1.54, 1.807) is 42.5 Å². The molecule has 194 valence electrons. The number of hydrogen-bond acceptors (Lipinski definition) is 8. The number of hydrogen-bond donors (Lipinski definition) is 2. The summed E-state index contributed by atoms with van der Waals surface area (Å²) in [6.07, 6.45) is 1.37. The Morgan fingerprint density at radius 2 is 1.79 bits per heavy atom. The van der Waals surface area contributed by atoms with Crippen LogP contribution in [0.4, 0.5) is 5.13 Å². The number of carbonyl (C=O) groups excluding carboxylic acids is 2. The maximum absolute atomic E-state index is 12.3. The number of anilines is 1. The van der Waals surface area contributed by atoms with E-state index in [0.29, 0.717) is 42.8 Å².